The zero-order valence-corrected chi connectivity index (χ0v) is 16.0. The Balaban J connectivity index is 2.00. The van der Waals surface area contributed by atoms with Gasteiger partial charge >= 0.3 is 0 Å². The Kier molecular flexibility index (Phi) is 4.43. The highest BCUT2D eigenvalue weighted by molar-refractivity contribution is 5.99. The van der Waals surface area contributed by atoms with Crippen molar-refractivity contribution in [3.63, 3.8) is 0 Å². The summed E-state index contributed by atoms with van der Waals surface area (Å²) >= 11 is 0. The minimum absolute atomic E-state index is 0.0544. The van der Waals surface area contributed by atoms with Crippen molar-refractivity contribution < 1.29 is 19.1 Å². The van der Waals surface area contributed by atoms with Crippen LogP contribution in [0.4, 0.5) is 0 Å². The maximum Gasteiger partial charge on any atom is 0.290 e. The highest BCUT2D eigenvalue weighted by atomic mass is 16.5. The molecule has 1 amide bonds. The quantitative estimate of drug-likeness (QED) is 0.754. The third-order valence-corrected chi connectivity index (χ3v) is 5.17. The van der Waals surface area contributed by atoms with Gasteiger partial charge in [-0.25, -0.2) is 0 Å². The SMILES string of the molecule is COc1ccc(C2c3c(oc4c(C)cc(C)cc4c3=O)C(=O)N2CCO)cc1. The lowest BCUT2D eigenvalue weighted by Crippen LogP contribution is -2.32. The van der Waals surface area contributed by atoms with Gasteiger partial charge in [0.15, 0.2) is 5.43 Å². The Labute approximate surface area is 162 Å². The van der Waals surface area contributed by atoms with Crippen LogP contribution in [0.15, 0.2) is 45.6 Å². The number of methoxy groups -OCH3 is 1. The molecule has 1 atom stereocenters. The van der Waals surface area contributed by atoms with Crippen LogP contribution in [0, 0.1) is 13.8 Å². The highest BCUT2D eigenvalue weighted by Crippen LogP contribution is 2.38. The maximum atomic E-state index is 13.4. The molecule has 0 saturated carbocycles. The summed E-state index contributed by atoms with van der Waals surface area (Å²) in [5.41, 5.74) is 3.07. The van der Waals surface area contributed by atoms with Crippen LogP contribution in [0.5, 0.6) is 5.75 Å². The Morgan fingerprint density at radius 1 is 1.14 bits per heavy atom. The number of rotatable bonds is 4. The van der Waals surface area contributed by atoms with Crippen LogP contribution in [-0.2, 0) is 0 Å². The van der Waals surface area contributed by atoms with E-state index < -0.39 is 6.04 Å². The van der Waals surface area contributed by atoms with Crippen LogP contribution in [0.2, 0.25) is 0 Å². The molecule has 1 unspecified atom stereocenters. The number of fused-ring (bicyclic) bond motifs is 2. The van der Waals surface area contributed by atoms with E-state index in [1.54, 1.807) is 25.3 Å². The van der Waals surface area contributed by atoms with Gasteiger partial charge in [0.25, 0.3) is 5.91 Å². The summed E-state index contributed by atoms with van der Waals surface area (Å²) in [6, 6.07) is 10.3. The lowest BCUT2D eigenvalue weighted by atomic mass is 9.97. The van der Waals surface area contributed by atoms with E-state index in [0.29, 0.717) is 22.3 Å². The monoisotopic (exact) mass is 379 g/mol. The van der Waals surface area contributed by atoms with Crippen LogP contribution in [0.3, 0.4) is 0 Å². The average molecular weight is 379 g/mol. The van der Waals surface area contributed by atoms with E-state index in [4.69, 9.17) is 9.15 Å². The predicted octanol–water partition coefficient (Wildman–Crippen LogP) is 2.96. The molecule has 0 radical (unpaired) electrons. The lowest BCUT2D eigenvalue weighted by Gasteiger charge is -2.24. The number of hydrogen-bond acceptors (Lipinski definition) is 5. The van der Waals surface area contributed by atoms with Crippen molar-refractivity contribution in [1.29, 1.82) is 0 Å². The molecule has 6 heteroatoms. The molecule has 1 N–H and O–H groups in total. The number of nitrogens with zero attached hydrogens (tertiary/aromatic N) is 1. The predicted molar refractivity (Wildman–Crippen MR) is 105 cm³/mol. The fourth-order valence-electron chi connectivity index (χ4n) is 3.95. The summed E-state index contributed by atoms with van der Waals surface area (Å²) in [7, 11) is 1.58. The fraction of sp³-hybridized carbons (Fsp3) is 0.273. The third kappa shape index (κ3) is 2.68. The van der Waals surface area contributed by atoms with Crippen molar-refractivity contribution in [3.05, 3.63) is 74.6 Å². The first-order chi connectivity index (χ1) is 13.5. The molecule has 1 aliphatic heterocycles. The van der Waals surface area contributed by atoms with Crippen LogP contribution < -0.4 is 10.2 Å². The Bertz CT molecular complexity index is 1130. The molecule has 0 aliphatic carbocycles. The van der Waals surface area contributed by atoms with Gasteiger partial charge in [0.05, 0.1) is 30.7 Å². The summed E-state index contributed by atoms with van der Waals surface area (Å²) in [4.78, 5) is 27.9. The number of carbonyl (C=O) groups excluding carboxylic acids is 1. The van der Waals surface area contributed by atoms with E-state index in [0.717, 1.165) is 16.7 Å². The van der Waals surface area contributed by atoms with E-state index in [9.17, 15) is 14.7 Å². The number of aliphatic hydroxyl groups excluding tert-OH is 1. The molecule has 28 heavy (non-hydrogen) atoms. The van der Waals surface area contributed by atoms with Crippen molar-refractivity contribution in [3.8, 4) is 5.75 Å². The van der Waals surface area contributed by atoms with Gasteiger partial charge in [-0.2, -0.15) is 0 Å². The molecule has 3 aromatic rings. The number of amides is 1. The van der Waals surface area contributed by atoms with Crippen molar-refractivity contribution >= 4 is 16.9 Å². The van der Waals surface area contributed by atoms with Gasteiger partial charge in [0, 0.05) is 6.54 Å². The molecule has 1 aromatic heterocycles. The standard InChI is InChI=1S/C22H21NO5/c1-12-10-13(2)20-16(11-12)19(25)17-18(14-4-6-15(27-3)7-5-14)23(8-9-24)22(26)21(17)28-20/h4-7,10-11,18,24H,8-9H2,1-3H3. The van der Waals surface area contributed by atoms with Gasteiger partial charge in [-0.3, -0.25) is 9.59 Å². The van der Waals surface area contributed by atoms with E-state index in [-0.39, 0.29) is 30.2 Å². The van der Waals surface area contributed by atoms with Gasteiger partial charge in [-0.05, 0) is 48.7 Å². The molecule has 4 rings (SSSR count). The Morgan fingerprint density at radius 2 is 1.86 bits per heavy atom. The molecule has 6 nitrogen and oxygen atoms in total. The smallest absolute Gasteiger partial charge is 0.290 e. The van der Waals surface area contributed by atoms with Gasteiger partial charge in [0.2, 0.25) is 5.76 Å². The number of hydrogen-bond donors (Lipinski definition) is 1. The van der Waals surface area contributed by atoms with E-state index >= 15 is 0 Å². The van der Waals surface area contributed by atoms with Gasteiger partial charge in [0.1, 0.15) is 11.3 Å². The number of benzene rings is 2. The fourth-order valence-corrected chi connectivity index (χ4v) is 3.95. The second-order valence-corrected chi connectivity index (χ2v) is 7.03. The maximum absolute atomic E-state index is 13.4. The largest absolute Gasteiger partial charge is 0.497 e. The number of aliphatic hydroxyl groups is 1. The number of β-amino-alcohol motifs (C(OH)–C–C–N with tert-alkyl or cyclic N) is 1. The molecule has 2 aromatic carbocycles. The lowest BCUT2D eigenvalue weighted by molar-refractivity contribution is 0.0691. The van der Waals surface area contributed by atoms with Crippen LogP contribution in [0.25, 0.3) is 11.0 Å². The van der Waals surface area contributed by atoms with Crippen molar-refractivity contribution in [2.75, 3.05) is 20.3 Å². The van der Waals surface area contributed by atoms with Crippen LogP contribution in [-0.4, -0.2) is 36.2 Å². The molecule has 1 aliphatic rings. The van der Waals surface area contributed by atoms with Crippen molar-refractivity contribution in [2.24, 2.45) is 0 Å². The van der Waals surface area contributed by atoms with Gasteiger partial charge in [-0.1, -0.05) is 18.2 Å². The minimum atomic E-state index is -0.609. The second-order valence-electron chi connectivity index (χ2n) is 7.03. The van der Waals surface area contributed by atoms with Gasteiger partial charge in [-0.15, -0.1) is 0 Å². The zero-order chi connectivity index (χ0) is 20.0. The summed E-state index contributed by atoms with van der Waals surface area (Å²) in [6.45, 7) is 3.67. The third-order valence-electron chi connectivity index (χ3n) is 5.17. The van der Waals surface area contributed by atoms with E-state index in [2.05, 4.69) is 0 Å². The molecule has 0 bridgehead atoms. The van der Waals surface area contributed by atoms with E-state index in [1.165, 1.54) is 4.90 Å². The number of aryl methyl sites for hydroxylation is 2. The summed E-state index contributed by atoms with van der Waals surface area (Å²) in [5.74, 6) is 0.348. The van der Waals surface area contributed by atoms with Crippen molar-refractivity contribution in [1.82, 2.24) is 4.90 Å². The molecule has 144 valence electrons. The molecule has 0 saturated heterocycles. The normalized spacial score (nSPS) is 15.9. The molecule has 2 heterocycles. The molecule has 0 fully saturated rings. The minimum Gasteiger partial charge on any atom is -0.497 e. The first kappa shape index (κ1) is 18.3. The number of ether oxygens (including phenoxy) is 1. The zero-order valence-electron chi connectivity index (χ0n) is 16.0. The first-order valence-electron chi connectivity index (χ1n) is 9.10. The van der Waals surface area contributed by atoms with Crippen LogP contribution >= 0.6 is 0 Å². The van der Waals surface area contributed by atoms with Crippen LogP contribution in [0.1, 0.15) is 38.9 Å². The first-order valence-corrected chi connectivity index (χ1v) is 9.10. The number of carbonyl (C=O) groups is 1. The molecular weight excluding hydrogens is 358 g/mol. The second kappa shape index (κ2) is 6.80. The Hall–Kier alpha value is -3.12. The average Bonchev–Trinajstić information content (AvgIpc) is 2.96. The highest BCUT2D eigenvalue weighted by Gasteiger charge is 2.42. The topological polar surface area (TPSA) is 80.0 Å². The summed E-state index contributed by atoms with van der Waals surface area (Å²) < 4.78 is 11.2. The summed E-state index contributed by atoms with van der Waals surface area (Å²) in [6.07, 6.45) is 0. The molecule has 0 spiro atoms. The molecular formula is C22H21NO5. The Morgan fingerprint density at radius 3 is 2.50 bits per heavy atom. The van der Waals surface area contributed by atoms with Gasteiger partial charge < -0.3 is 19.2 Å². The summed E-state index contributed by atoms with van der Waals surface area (Å²) in [5, 5.41) is 9.95. The van der Waals surface area contributed by atoms with Crippen molar-refractivity contribution in [2.45, 2.75) is 19.9 Å². The van der Waals surface area contributed by atoms with E-state index in [1.807, 2.05) is 32.0 Å².